The summed E-state index contributed by atoms with van der Waals surface area (Å²) in [6.07, 6.45) is 2.85. The van der Waals surface area contributed by atoms with Gasteiger partial charge in [-0.25, -0.2) is 8.42 Å². The standard InChI is InChI=1S/C5H7BrN2O2S/c1-2-11(9,10)8-4-5(6)3-7-8/h3-4H,2H2,1H3. The molecule has 0 amide bonds. The van der Waals surface area contributed by atoms with E-state index in [2.05, 4.69) is 21.0 Å². The molecule has 1 rings (SSSR count). The fourth-order valence-corrected chi connectivity index (χ4v) is 1.72. The molecular formula is C5H7BrN2O2S. The summed E-state index contributed by atoms with van der Waals surface area (Å²) < 4.78 is 23.8. The smallest absolute Gasteiger partial charge is 0.205 e. The van der Waals surface area contributed by atoms with Crippen LogP contribution in [0, 0.1) is 0 Å². The Balaban J connectivity index is 3.13. The quantitative estimate of drug-likeness (QED) is 0.768. The highest BCUT2D eigenvalue weighted by Crippen LogP contribution is 2.08. The lowest BCUT2D eigenvalue weighted by atomic mass is 10.8. The molecule has 0 unspecified atom stereocenters. The van der Waals surface area contributed by atoms with Crippen molar-refractivity contribution < 1.29 is 8.42 Å². The number of aromatic nitrogens is 2. The number of rotatable bonds is 2. The van der Waals surface area contributed by atoms with Crippen LogP contribution in [0.5, 0.6) is 0 Å². The van der Waals surface area contributed by atoms with Gasteiger partial charge in [-0.2, -0.15) is 9.19 Å². The Morgan fingerprint density at radius 1 is 1.73 bits per heavy atom. The van der Waals surface area contributed by atoms with Crippen LogP contribution >= 0.6 is 15.9 Å². The number of nitrogens with zero attached hydrogens (tertiary/aromatic N) is 2. The van der Waals surface area contributed by atoms with Gasteiger partial charge in [0.1, 0.15) is 0 Å². The molecule has 0 aliphatic rings. The third-order valence-corrected chi connectivity index (χ3v) is 3.09. The van der Waals surface area contributed by atoms with Crippen molar-refractivity contribution in [3.05, 3.63) is 16.9 Å². The van der Waals surface area contributed by atoms with Gasteiger partial charge in [0.15, 0.2) is 0 Å². The normalized spacial score (nSPS) is 11.8. The predicted molar refractivity (Wildman–Crippen MR) is 44.8 cm³/mol. The Bertz CT molecular complexity index is 343. The Morgan fingerprint density at radius 2 is 2.36 bits per heavy atom. The van der Waals surface area contributed by atoms with Gasteiger partial charge in [0.25, 0.3) is 10.0 Å². The van der Waals surface area contributed by atoms with E-state index in [0.29, 0.717) is 4.47 Å². The number of hydrogen-bond donors (Lipinski definition) is 0. The van der Waals surface area contributed by atoms with Crippen LogP contribution in [-0.4, -0.2) is 23.4 Å². The van der Waals surface area contributed by atoms with E-state index in [9.17, 15) is 8.42 Å². The Kier molecular flexibility index (Phi) is 2.34. The second kappa shape index (κ2) is 2.94. The predicted octanol–water partition coefficient (Wildman–Crippen LogP) is 0.843. The molecule has 0 radical (unpaired) electrons. The summed E-state index contributed by atoms with van der Waals surface area (Å²) in [4.78, 5) is 0. The molecule has 1 aromatic heterocycles. The first-order valence-electron chi connectivity index (χ1n) is 2.99. The average molecular weight is 239 g/mol. The fourth-order valence-electron chi connectivity index (χ4n) is 0.569. The van der Waals surface area contributed by atoms with Gasteiger partial charge in [-0.3, -0.25) is 0 Å². The Morgan fingerprint density at radius 3 is 2.73 bits per heavy atom. The summed E-state index contributed by atoms with van der Waals surface area (Å²) in [6, 6.07) is 0. The average Bonchev–Trinajstić information content (AvgIpc) is 2.36. The molecule has 0 fully saturated rings. The zero-order valence-corrected chi connectivity index (χ0v) is 8.26. The SMILES string of the molecule is CCS(=O)(=O)n1cc(Br)cn1. The molecule has 0 aliphatic carbocycles. The van der Waals surface area contributed by atoms with Crippen LogP contribution in [0.2, 0.25) is 0 Å². The molecule has 0 aromatic carbocycles. The van der Waals surface area contributed by atoms with E-state index in [0.717, 1.165) is 4.09 Å². The van der Waals surface area contributed by atoms with E-state index in [1.54, 1.807) is 6.92 Å². The molecule has 11 heavy (non-hydrogen) atoms. The minimum Gasteiger partial charge on any atom is -0.205 e. The largest absolute Gasteiger partial charge is 0.253 e. The van der Waals surface area contributed by atoms with Crippen molar-refractivity contribution in [3.63, 3.8) is 0 Å². The first-order chi connectivity index (χ1) is 5.06. The first kappa shape index (κ1) is 8.73. The van der Waals surface area contributed by atoms with Crippen LogP contribution < -0.4 is 0 Å². The van der Waals surface area contributed by atoms with Crippen molar-refractivity contribution in [1.29, 1.82) is 0 Å². The third-order valence-electron chi connectivity index (χ3n) is 1.18. The molecule has 62 valence electrons. The zero-order chi connectivity index (χ0) is 8.48. The summed E-state index contributed by atoms with van der Waals surface area (Å²) in [5.41, 5.74) is 0. The van der Waals surface area contributed by atoms with Crippen LogP contribution in [0.15, 0.2) is 16.9 Å². The van der Waals surface area contributed by atoms with Crippen molar-refractivity contribution in [2.45, 2.75) is 6.92 Å². The maximum Gasteiger partial charge on any atom is 0.253 e. The molecule has 0 saturated heterocycles. The van der Waals surface area contributed by atoms with Gasteiger partial charge < -0.3 is 0 Å². The molecule has 4 nitrogen and oxygen atoms in total. The maximum absolute atomic E-state index is 11.1. The lowest BCUT2D eigenvalue weighted by molar-refractivity contribution is 0.581. The topological polar surface area (TPSA) is 52.0 Å². The highest BCUT2D eigenvalue weighted by molar-refractivity contribution is 9.10. The van der Waals surface area contributed by atoms with E-state index < -0.39 is 10.0 Å². The number of halogens is 1. The van der Waals surface area contributed by atoms with Crippen LogP contribution in [0.25, 0.3) is 0 Å². The van der Waals surface area contributed by atoms with Crippen LogP contribution in [0.1, 0.15) is 6.92 Å². The molecule has 0 bridgehead atoms. The molecule has 1 aromatic rings. The van der Waals surface area contributed by atoms with Crippen molar-refractivity contribution in [2.75, 3.05) is 5.75 Å². The van der Waals surface area contributed by atoms with Crippen molar-refractivity contribution in [2.24, 2.45) is 0 Å². The summed E-state index contributed by atoms with van der Waals surface area (Å²) in [5.74, 6) is 0.0567. The van der Waals surface area contributed by atoms with Crippen LogP contribution in [0.3, 0.4) is 0 Å². The van der Waals surface area contributed by atoms with Gasteiger partial charge in [-0.1, -0.05) is 0 Å². The molecule has 0 N–H and O–H groups in total. The molecule has 0 saturated carbocycles. The fraction of sp³-hybridized carbons (Fsp3) is 0.400. The van der Waals surface area contributed by atoms with Crippen molar-refractivity contribution >= 4 is 26.0 Å². The third kappa shape index (κ3) is 1.81. The Labute approximate surface area is 73.4 Å². The van der Waals surface area contributed by atoms with Crippen LogP contribution in [-0.2, 0) is 10.0 Å². The van der Waals surface area contributed by atoms with E-state index >= 15 is 0 Å². The second-order valence-corrected chi connectivity index (χ2v) is 4.96. The highest BCUT2D eigenvalue weighted by Gasteiger charge is 2.09. The van der Waals surface area contributed by atoms with Gasteiger partial charge in [-0.15, -0.1) is 0 Å². The summed E-state index contributed by atoms with van der Waals surface area (Å²) in [6.45, 7) is 1.57. The van der Waals surface area contributed by atoms with Gasteiger partial charge >= 0.3 is 0 Å². The number of hydrogen-bond acceptors (Lipinski definition) is 3. The zero-order valence-electron chi connectivity index (χ0n) is 5.86. The molecular weight excluding hydrogens is 232 g/mol. The van der Waals surface area contributed by atoms with E-state index in [4.69, 9.17) is 0 Å². The summed E-state index contributed by atoms with van der Waals surface area (Å²) in [5, 5.41) is 3.64. The van der Waals surface area contributed by atoms with Crippen molar-refractivity contribution in [3.8, 4) is 0 Å². The van der Waals surface area contributed by atoms with E-state index in [-0.39, 0.29) is 5.75 Å². The lowest BCUT2D eigenvalue weighted by Gasteiger charge is -1.97. The van der Waals surface area contributed by atoms with E-state index in [1.807, 2.05) is 0 Å². The van der Waals surface area contributed by atoms with E-state index in [1.165, 1.54) is 12.4 Å². The molecule has 0 aliphatic heterocycles. The molecule has 0 atom stereocenters. The Hall–Kier alpha value is -0.360. The van der Waals surface area contributed by atoms with Gasteiger partial charge in [0.05, 0.1) is 22.6 Å². The summed E-state index contributed by atoms with van der Waals surface area (Å²) >= 11 is 3.11. The monoisotopic (exact) mass is 238 g/mol. The minimum absolute atomic E-state index is 0.0567. The summed E-state index contributed by atoms with van der Waals surface area (Å²) in [7, 11) is -3.20. The van der Waals surface area contributed by atoms with Gasteiger partial charge in [0.2, 0.25) is 0 Å². The molecule has 6 heteroatoms. The van der Waals surface area contributed by atoms with Gasteiger partial charge in [-0.05, 0) is 22.9 Å². The molecule has 1 heterocycles. The minimum atomic E-state index is -3.20. The van der Waals surface area contributed by atoms with Crippen molar-refractivity contribution in [1.82, 2.24) is 9.19 Å². The highest BCUT2D eigenvalue weighted by atomic mass is 79.9. The van der Waals surface area contributed by atoms with Gasteiger partial charge in [0, 0.05) is 0 Å². The first-order valence-corrected chi connectivity index (χ1v) is 5.40. The van der Waals surface area contributed by atoms with Crippen LogP contribution in [0.4, 0.5) is 0 Å². The molecule has 0 spiro atoms. The maximum atomic E-state index is 11.1. The lowest BCUT2D eigenvalue weighted by Crippen LogP contribution is -2.14. The second-order valence-electron chi connectivity index (χ2n) is 1.93.